The molecule has 0 fully saturated rings. The Balaban J connectivity index is 1.34. The molecule has 0 saturated heterocycles. The number of rotatable bonds is 3. The third-order valence-corrected chi connectivity index (χ3v) is 7.84. The van der Waals surface area contributed by atoms with Crippen molar-refractivity contribution in [1.82, 2.24) is 14.1 Å². The Kier molecular flexibility index (Phi) is 4.85. The molecular weight excluding hydrogens is 488 g/mol. The van der Waals surface area contributed by atoms with Gasteiger partial charge in [-0.2, -0.15) is 5.26 Å². The Hall–Kier alpha value is -5.66. The summed E-state index contributed by atoms with van der Waals surface area (Å²) in [7, 11) is 0. The molecule has 0 aliphatic rings. The van der Waals surface area contributed by atoms with E-state index >= 15 is 0 Å². The number of hydrogen-bond donors (Lipinski definition) is 0. The molecule has 0 unspecified atom stereocenters. The highest BCUT2D eigenvalue weighted by Gasteiger charge is 2.16. The van der Waals surface area contributed by atoms with Gasteiger partial charge in [0.05, 0.1) is 39.9 Å². The fourth-order valence-corrected chi connectivity index (χ4v) is 6.02. The first-order chi connectivity index (χ1) is 19.8. The van der Waals surface area contributed by atoms with Crippen LogP contribution in [0.1, 0.15) is 5.56 Å². The quantitative estimate of drug-likeness (QED) is 0.238. The summed E-state index contributed by atoms with van der Waals surface area (Å²) in [5.41, 5.74) is 9.71. The molecule has 0 radical (unpaired) electrons. The molecule has 4 heteroatoms. The number of benzene rings is 5. The predicted octanol–water partition coefficient (Wildman–Crippen LogP) is 8.81. The number of fused-ring (bicyclic) bond motifs is 6. The Morgan fingerprint density at radius 3 is 1.77 bits per heavy atom. The molecule has 5 aromatic carbocycles. The summed E-state index contributed by atoms with van der Waals surface area (Å²) in [6, 6.07) is 44.6. The highest BCUT2D eigenvalue weighted by Crippen LogP contribution is 2.37. The molecule has 4 nitrogen and oxygen atoms in total. The largest absolute Gasteiger partial charge is 0.309 e. The van der Waals surface area contributed by atoms with Gasteiger partial charge >= 0.3 is 0 Å². The van der Waals surface area contributed by atoms with Gasteiger partial charge in [-0.1, -0.05) is 48.5 Å². The van der Waals surface area contributed by atoms with Gasteiger partial charge in [0.2, 0.25) is 0 Å². The van der Waals surface area contributed by atoms with Crippen molar-refractivity contribution < 1.29 is 0 Å². The third kappa shape index (κ3) is 3.28. The summed E-state index contributed by atoms with van der Waals surface area (Å²) in [6.07, 6.45) is 3.76. The van der Waals surface area contributed by atoms with Crippen molar-refractivity contribution in [3.8, 4) is 28.6 Å². The smallest absolute Gasteiger partial charge is 0.0991 e. The Morgan fingerprint density at radius 1 is 0.500 bits per heavy atom. The highest BCUT2D eigenvalue weighted by molar-refractivity contribution is 6.12. The minimum Gasteiger partial charge on any atom is -0.309 e. The van der Waals surface area contributed by atoms with Crippen LogP contribution >= 0.6 is 0 Å². The molecule has 0 aliphatic carbocycles. The van der Waals surface area contributed by atoms with Gasteiger partial charge < -0.3 is 9.13 Å². The molecular formula is C36H22N4. The molecule has 8 aromatic rings. The van der Waals surface area contributed by atoms with Gasteiger partial charge in [0.15, 0.2) is 0 Å². The molecule has 0 aliphatic heterocycles. The summed E-state index contributed by atoms with van der Waals surface area (Å²) in [5, 5.41) is 14.1. The molecule has 0 saturated carbocycles. The molecule has 3 heterocycles. The van der Waals surface area contributed by atoms with E-state index in [0.717, 1.165) is 27.8 Å². The number of hydrogen-bond acceptors (Lipinski definition) is 2. The van der Waals surface area contributed by atoms with Crippen molar-refractivity contribution >= 4 is 43.6 Å². The standard InChI is InChI=1S/C36H22N4/c37-22-24-10-14-28(15-11-24)40-35-17-13-26(21-32(35)30-18-19-38-23-36(30)40)25-12-16-34-31(20-25)29-8-4-5-9-33(29)39(34)27-6-2-1-3-7-27/h1-21,23H. The number of aromatic nitrogens is 3. The van der Waals surface area contributed by atoms with Gasteiger partial charge in [-0.25, -0.2) is 0 Å². The number of nitrogens with zero attached hydrogens (tertiary/aromatic N) is 4. The molecule has 0 bridgehead atoms. The van der Waals surface area contributed by atoms with Crippen molar-refractivity contribution in [2.45, 2.75) is 0 Å². The summed E-state index contributed by atoms with van der Waals surface area (Å²) in [5.74, 6) is 0. The topological polar surface area (TPSA) is 46.5 Å². The Bertz CT molecular complexity index is 2260. The number of pyridine rings is 1. The van der Waals surface area contributed by atoms with Crippen LogP contribution < -0.4 is 0 Å². The van der Waals surface area contributed by atoms with Crippen LogP contribution in [-0.2, 0) is 0 Å². The van der Waals surface area contributed by atoms with Gasteiger partial charge in [0.25, 0.3) is 0 Å². The minimum absolute atomic E-state index is 0.647. The second-order valence-electron chi connectivity index (χ2n) is 10.0. The first-order valence-electron chi connectivity index (χ1n) is 13.3. The number of nitriles is 1. The highest BCUT2D eigenvalue weighted by atomic mass is 15.0. The van der Waals surface area contributed by atoms with Crippen LogP contribution in [0.2, 0.25) is 0 Å². The Morgan fingerprint density at radius 2 is 1.07 bits per heavy atom. The van der Waals surface area contributed by atoms with Gasteiger partial charge in [0, 0.05) is 39.1 Å². The van der Waals surface area contributed by atoms with Crippen molar-refractivity contribution in [2.75, 3.05) is 0 Å². The van der Waals surface area contributed by atoms with Gasteiger partial charge in [-0.3, -0.25) is 4.98 Å². The monoisotopic (exact) mass is 510 g/mol. The van der Waals surface area contributed by atoms with E-state index in [1.165, 1.54) is 38.3 Å². The molecule has 0 spiro atoms. The van der Waals surface area contributed by atoms with E-state index in [0.29, 0.717) is 5.56 Å². The van der Waals surface area contributed by atoms with Crippen molar-refractivity contribution in [3.63, 3.8) is 0 Å². The van der Waals surface area contributed by atoms with Crippen molar-refractivity contribution in [2.24, 2.45) is 0 Å². The average molecular weight is 511 g/mol. The van der Waals surface area contributed by atoms with Crippen LogP contribution in [-0.4, -0.2) is 14.1 Å². The van der Waals surface area contributed by atoms with E-state index in [1.54, 1.807) is 0 Å². The zero-order chi connectivity index (χ0) is 26.6. The SMILES string of the molecule is N#Cc1ccc(-n2c3ccc(-c4ccc5c(c4)c4ccccc4n5-c4ccccc4)cc3c3ccncc32)cc1. The molecule has 0 N–H and O–H groups in total. The predicted molar refractivity (Wildman–Crippen MR) is 163 cm³/mol. The van der Waals surface area contributed by atoms with Gasteiger partial charge in [0.1, 0.15) is 0 Å². The fourth-order valence-electron chi connectivity index (χ4n) is 6.02. The van der Waals surface area contributed by atoms with Crippen LogP contribution in [0.4, 0.5) is 0 Å². The van der Waals surface area contributed by atoms with Gasteiger partial charge in [-0.15, -0.1) is 0 Å². The Labute approximate surface area is 230 Å². The van der Waals surface area contributed by atoms with Crippen LogP contribution in [0.25, 0.3) is 66.1 Å². The maximum Gasteiger partial charge on any atom is 0.0991 e. The molecule has 186 valence electrons. The average Bonchev–Trinajstić information content (AvgIpc) is 3.54. The zero-order valence-electron chi connectivity index (χ0n) is 21.5. The summed E-state index contributed by atoms with van der Waals surface area (Å²) in [6.45, 7) is 0. The van der Waals surface area contributed by atoms with E-state index in [-0.39, 0.29) is 0 Å². The van der Waals surface area contributed by atoms with Crippen LogP contribution in [0.5, 0.6) is 0 Å². The first kappa shape index (κ1) is 22.3. The van der Waals surface area contributed by atoms with E-state index < -0.39 is 0 Å². The maximum absolute atomic E-state index is 9.26. The van der Waals surface area contributed by atoms with E-state index in [4.69, 9.17) is 0 Å². The van der Waals surface area contributed by atoms with E-state index in [1.807, 2.05) is 36.7 Å². The lowest BCUT2D eigenvalue weighted by molar-refractivity contribution is 1.16. The number of para-hydroxylation sites is 2. The fraction of sp³-hybridized carbons (Fsp3) is 0. The molecule has 40 heavy (non-hydrogen) atoms. The lowest BCUT2D eigenvalue weighted by Gasteiger charge is -2.09. The normalized spacial score (nSPS) is 11.5. The lowest BCUT2D eigenvalue weighted by atomic mass is 10.0. The van der Waals surface area contributed by atoms with Crippen molar-refractivity contribution in [3.05, 3.63) is 139 Å². The molecule has 3 aromatic heterocycles. The first-order valence-corrected chi connectivity index (χ1v) is 13.3. The second kappa shape index (κ2) is 8.69. The van der Waals surface area contributed by atoms with Crippen molar-refractivity contribution in [1.29, 1.82) is 5.26 Å². The second-order valence-corrected chi connectivity index (χ2v) is 10.0. The minimum atomic E-state index is 0.647. The summed E-state index contributed by atoms with van der Waals surface area (Å²) < 4.78 is 4.56. The van der Waals surface area contributed by atoms with E-state index in [9.17, 15) is 5.26 Å². The maximum atomic E-state index is 9.26. The molecule has 0 amide bonds. The summed E-state index contributed by atoms with van der Waals surface area (Å²) in [4.78, 5) is 4.42. The molecule has 0 atom stereocenters. The van der Waals surface area contributed by atoms with Crippen LogP contribution in [0.15, 0.2) is 134 Å². The van der Waals surface area contributed by atoms with Crippen LogP contribution in [0.3, 0.4) is 0 Å². The van der Waals surface area contributed by atoms with Crippen LogP contribution in [0, 0.1) is 11.3 Å². The molecule has 8 rings (SSSR count). The lowest BCUT2D eigenvalue weighted by Crippen LogP contribution is -1.94. The van der Waals surface area contributed by atoms with Gasteiger partial charge in [-0.05, 0) is 83.9 Å². The third-order valence-electron chi connectivity index (χ3n) is 7.84. The summed E-state index contributed by atoms with van der Waals surface area (Å²) >= 11 is 0. The van der Waals surface area contributed by atoms with E-state index in [2.05, 4.69) is 117 Å². The zero-order valence-corrected chi connectivity index (χ0v) is 21.5.